The molecule has 20 heavy (non-hydrogen) atoms. The van der Waals surface area contributed by atoms with E-state index in [1.54, 1.807) is 0 Å². The van der Waals surface area contributed by atoms with E-state index < -0.39 is 0 Å². The Kier molecular flexibility index (Phi) is 4.24. The Balaban J connectivity index is 1.56. The molecule has 1 N–H and O–H groups in total. The molecule has 1 aliphatic heterocycles. The van der Waals surface area contributed by atoms with Crippen LogP contribution in [-0.2, 0) is 11.2 Å². The topological polar surface area (TPSA) is 41.2 Å². The van der Waals surface area contributed by atoms with Crippen LogP contribution in [0.1, 0.15) is 12.2 Å². The number of ether oxygens (including phenoxy) is 1. The first-order valence-corrected chi connectivity index (χ1v) is 7.49. The minimum absolute atomic E-state index is 0.689. The third-order valence-corrected chi connectivity index (χ3v) is 4.05. The van der Waals surface area contributed by atoms with Gasteiger partial charge in [0.1, 0.15) is 5.82 Å². The fourth-order valence-corrected chi connectivity index (χ4v) is 2.88. The normalized spacial score (nSPS) is 19.2. The van der Waals surface area contributed by atoms with E-state index in [-0.39, 0.29) is 0 Å². The number of aromatic amines is 1. The van der Waals surface area contributed by atoms with Gasteiger partial charge in [0.2, 0.25) is 0 Å². The van der Waals surface area contributed by atoms with Crippen LogP contribution in [0.15, 0.2) is 18.2 Å². The van der Waals surface area contributed by atoms with E-state index >= 15 is 0 Å². The van der Waals surface area contributed by atoms with Gasteiger partial charge < -0.3 is 14.6 Å². The number of halogens is 1. The molecule has 0 radical (unpaired) electrons. The summed E-state index contributed by atoms with van der Waals surface area (Å²) in [5.41, 5.74) is 2.00. The summed E-state index contributed by atoms with van der Waals surface area (Å²) in [6.07, 6.45) is 2.11. The van der Waals surface area contributed by atoms with Crippen LogP contribution in [0.25, 0.3) is 11.0 Å². The highest BCUT2D eigenvalue weighted by molar-refractivity contribution is 6.31. The zero-order valence-corrected chi connectivity index (χ0v) is 12.5. The van der Waals surface area contributed by atoms with E-state index in [1.165, 1.54) is 6.42 Å². The SMILES string of the molecule is CN(CCc1nc2ccc(Cl)cc2[nH]1)C[C@@H]1CCOC1. The highest BCUT2D eigenvalue weighted by Gasteiger charge is 2.17. The van der Waals surface area contributed by atoms with Crippen LogP contribution in [0.5, 0.6) is 0 Å². The van der Waals surface area contributed by atoms with E-state index in [1.807, 2.05) is 18.2 Å². The van der Waals surface area contributed by atoms with Crippen molar-refractivity contribution in [2.75, 3.05) is 33.4 Å². The Morgan fingerprint density at radius 2 is 2.40 bits per heavy atom. The van der Waals surface area contributed by atoms with Crippen LogP contribution in [0, 0.1) is 5.92 Å². The van der Waals surface area contributed by atoms with Gasteiger partial charge in [0.25, 0.3) is 0 Å². The van der Waals surface area contributed by atoms with Crippen molar-refractivity contribution >= 4 is 22.6 Å². The van der Waals surface area contributed by atoms with E-state index in [0.717, 1.165) is 54.6 Å². The molecule has 1 aromatic heterocycles. The van der Waals surface area contributed by atoms with Gasteiger partial charge in [-0.2, -0.15) is 0 Å². The minimum atomic E-state index is 0.689. The summed E-state index contributed by atoms with van der Waals surface area (Å²) in [5, 5.41) is 0.742. The van der Waals surface area contributed by atoms with E-state index in [4.69, 9.17) is 16.3 Å². The summed E-state index contributed by atoms with van der Waals surface area (Å²) in [6, 6.07) is 5.75. The Morgan fingerprint density at radius 1 is 1.50 bits per heavy atom. The molecular weight excluding hydrogens is 274 g/mol. The van der Waals surface area contributed by atoms with Gasteiger partial charge >= 0.3 is 0 Å². The lowest BCUT2D eigenvalue weighted by Crippen LogP contribution is -2.28. The molecule has 0 bridgehead atoms. The van der Waals surface area contributed by atoms with Gasteiger partial charge in [-0.15, -0.1) is 0 Å². The molecule has 0 saturated carbocycles. The molecule has 0 unspecified atom stereocenters. The van der Waals surface area contributed by atoms with Gasteiger partial charge in [-0.1, -0.05) is 11.6 Å². The van der Waals surface area contributed by atoms with Crippen LogP contribution in [-0.4, -0.2) is 48.2 Å². The fourth-order valence-electron chi connectivity index (χ4n) is 2.71. The summed E-state index contributed by atoms with van der Waals surface area (Å²) < 4.78 is 5.41. The molecule has 2 aromatic rings. The van der Waals surface area contributed by atoms with Crippen molar-refractivity contribution in [3.8, 4) is 0 Å². The van der Waals surface area contributed by atoms with Gasteiger partial charge in [0.05, 0.1) is 17.6 Å². The molecule has 3 rings (SSSR count). The van der Waals surface area contributed by atoms with Crippen molar-refractivity contribution in [2.45, 2.75) is 12.8 Å². The molecule has 0 spiro atoms. The summed E-state index contributed by atoms with van der Waals surface area (Å²) >= 11 is 5.98. The Labute approximate surface area is 124 Å². The maximum absolute atomic E-state index is 5.98. The number of nitrogens with zero attached hydrogens (tertiary/aromatic N) is 2. The molecule has 1 saturated heterocycles. The number of hydrogen-bond acceptors (Lipinski definition) is 3. The number of fused-ring (bicyclic) bond motifs is 1. The molecule has 0 aliphatic carbocycles. The van der Waals surface area contributed by atoms with Gasteiger partial charge in [-0.05, 0) is 37.6 Å². The molecule has 108 valence electrons. The van der Waals surface area contributed by atoms with Crippen molar-refractivity contribution in [2.24, 2.45) is 5.92 Å². The maximum Gasteiger partial charge on any atom is 0.108 e. The third kappa shape index (κ3) is 3.32. The van der Waals surface area contributed by atoms with Crippen molar-refractivity contribution in [3.63, 3.8) is 0 Å². The van der Waals surface area contributed by atoms with Crippen molar-refractivity contribution in [1.82, 2.24) is 14.9 Å². The highest BCUT2D eigenvalue weighted by atomic mass is 35.5. The molecule has 0 amide bonds. The van der Waals surface area contributed by atoms with Crippen molar-refractivity contribution < 1.29 is 4.74 Å². The fraction of sp³-hybridized carbons (Fsp3) is 0.533. The average molecular weight is 294 g/mol. The number of benzene rings is 1. The first-order chi connectivity index (χ1) is 9.70. The predicted octanol–water partition coefficient (Wildman–Crippen LogP) is 2.73. The first-order valence-electron chi connectivity index (χ1n) is 7.11. The summed E-state index contributed by atoms with van der Waals surface area (Å²) in [5.74, 6) is 1.71. The lowest BCUT2D eigenvalue weighted by atomic mass is 10.1. The van der Waals surface area contributed by atoms with Crippen molar-refractivity contribution in [1.29, 1.82) is 0 Å². The van der Waals surface area contributed by atoms with Gasteiger partial charge in [-0.3, -0.25) is 0 Å². The Morgan fingerprint density at radius 3 is 3.20 bits per heavy atom. The summed E-state index contributed by atoms with van der Waals surface area (Å²) in [6.45, 7) is 3.94. The molecule has 1 aromatic carbocycles. The summed E-state index contributed by atoms with van der Waals surface area (Å²) in [7, 11) is 2.16. The second-order valence-electron chi connectivity index (χ2n) is 5.59. The monoisotopic (exact) mass is 293 g/mol. The number of nitrogens with one attached hydrogen (secondary N) is 1. The largest absolute Gasteiger partial charge is 0.381 e. The van der Waals surface area contributed by atoms with Gasteiger partial charge in [-0.25, -0.2) is 4.98 Å². The second-order valence-corrected chi connectivity index (χ2v) is 6.02. The second kappa shape index (κ2) is 6.12. The molecule has 1 atom stereocenters. The van der Waals surface area contributed by atoms with Crippen molar-refractivity contribution in [3.05, 3.63) is 29.0 Å². The number of hydrogen-bond donors (Lipinski definition) is 1. The van der Waals surface area contributed by atoms with E-state index in [9.17, 15) is 0 Å². The van der Waals surface area contributed by atoms with Crippen LogP contribution in [0.2, 0.25) is 5.02 Å². The number of H-pyrrole nitrogens is 1. The van der Waals surface area contributed by atoms with Gasteiger partial charge in [0.15, 0.2) is 0 Å². The molecule has 2 heterocycles. The van der Waals surface area contributed by atoms with Crippen LogP contribution in [0.4, 0.5) is 0 Å². The Bertz CT molecular complexity index is 578. The first kappa shape index (κ1) is 13.9. The highest BCUT2D eigenvalue weighted by Crippen LogP contribution is 2.18. The van der Waals surface area contributed by atoms with E-state index in [0.29, 0.717) is 5.92 Å². The average Bonchev–Trinajstić information content (AvgIpc) is 3.04. The third-order valence-electron chi connectivity index (χ3n) is 3.82. The Hall–Kier alpha value is -1.10. The van der Waals surface area contributed by atoms with Gasteiger partial charge in [0, 0.05) is 31.1 Å². The molecule has 4 nitrogen and oxygen atoms in total. The number of likely N-dealkylation sites (N-methyl/N-ethyl adjacent to an activating group) is 1. The van der Waals surface area contributed by atoms with Crippen LogP contribution in [0.3, 0.4) is 0 Å². The number of rotatable bonds is 5. The van der Waals surface area contributed by atoms with E-state index in [2.05, 4.69) is 21.9 Å². The summed E-state index contributed by atoms with van der Waals surface area (Å²) in [4.78, 5) is 10.3. The molecule has 5 heteroatoms. The zero-order chi connectivity index (χ0) is 13.9. The van der Waals surface area contributed by atoms with Crippen LogP contribution >= 0.6 is 11.6 Å². The minimum Gasteiger partial charge on any atom is -0.381 e. The molecule has 1 fully saturated rings. The molecular formula is C15H20ClN3O. The maximum atomic E-state index is 5.98. The lowest BCUT2D eigenvalue weighted by Gasteiger charge is -2.19. The smallest absolute Gasteiger partial charge is 0.108 e. The standard InChI is InChI=1S/C15H20ClN3O/c1-19(9-11-5-7-20-10-11)6-4-15-17-13-3-2-12(16)8-14(13)18-15/h2-3,8,11H,4-7,9-10H2,1H3,(H,17,18)/t11-/m0/s1. The van der Waals surface area contributed by atoms with Crippen LogP contribution < -0.4 is 0 Å². The molecule has 1 aliphatic rings. The quantitative estimate of drug-likeness (QED) is 0.921. The lowest BCUT2D eigenvalue weighted by molar-refractivity contribution is 0.174. The zero-order valence-electron chi connectivity index (χ0n) is 11.7. The number of aromatic nitrogens is 2. The number of imidazole rings is 1. The predicted molar refractivity (Wildman–Crippen MR) is 81.2 cm³/mol.